The van der Waals surface area contributed by atoms with Gasteiger partial charge in [0.05, 0.1) is 0 Å². The van der Waals surface area contributed by atoms with Crippen LogP contribution in [-0.4, -0.2) is 37.2 Å². The molecule has 1 unspecified atom stereocenters. The van der Waals surface area contributed by atoms with Crippen LogP contribution in [0.15, 0.2) is 85.1 Å². The van der Waals surface area contributed by atoms with E-state index >= 15 is 0 Å². The molecule has 0 aliphatic carbocycles. The molecule has 0 fully saturated rings. The molecule has 0 aliphatic heterocycles. The first-order valence-electron chi connectivity index (χ1n) is 32.6. The predicted octanol–water partition coefficient (Wildman–Crippen LogP) is 22.3. The van der Waals surface area contributed by atoms with Gasteiger partial charge < -0.3 is 14.2 Å². The molecule has 0 bridgehead atoms. The number of ether oxygens (including phenoxy) is 3. The summed E-state index contributed by atoms with van der Waals surface area (Å²) in [5.41, 5.74) is 0. The summed E-state index contributed by atoms with van der Waals surface area (Å²) < 4.78 is 16.8. The summed E-state index contributed by atoms with van der Waals surface area (Å²) in [5.74, 6) is -0.903. The van der Waals surface area contributed by atoms with Crippen LogP contribution in [0.3, 0.4) is 0 Å². The first-order chi connectivity index (χ1) is 37.5. The second-order valence-electron chi connectivity index (χ2n) is 21.6. The highest BCUT2D eigenvalue weighted by molar-refractivity contribution is 5.71. The van der Waals surface area contributed by atoms with Crippen LogP contribution in [0.4, 0.5) is 0 Å². The van der Waals surface area contributed by atoms with Gasteiger partial charge in [-0.2, -0.15) is 0 Å². The maximum Gasteiger partial charge on any atom is 0.306 e. The molecule has 0 aromatic rings. The zero-order valence-corrected chi connectivity index (χ0v) is 50.3. The van der Waals surface area contributed by atoms with Crippen LogP contribution in [0.25, 0.3) is 0 Å². The van der Waals surface area contributed by atoms with E-state index in [1.807, 2.05) is 0 Å². The average Bonchev–Trinajstić information content (AvgIpc) is 3.42. The molecule has 0 radical (unpaired) electrons. The van der Waals surface area contributed by atoms with E-state index in [9.17, 15) is 14.4 Å². The first kappa shape index (κ1) is 72.6. The van der Waals surface area contributed by atoms with E-state index < -0.39 is 6.10 Å². The number of allylic oxidation sites excluding steroid dienone is 14. The molecule has 0 saturated heterocycles. The minimum absolute atomic E-state index is 0.0844. The summed E-state index contributed by atoms with van der Waals surface area (Å²) in [4.78, 5) is 38.1. The van der Waals surface area contributed by atoms with Crippen molar-refractivity contribution in [3.63, 3.8) is 0 Å². The van der Waals surface area contributed by atoms with Crippen molar-refractivity contribution in [2.45, 2.75) is 329 Å². The second-order valence-corrected chi connectivity index (χ2v) is 21.6. The van der Waals surface area contributed by atoms with E-state index in [4.69, 9.17) is 14.2 Å². The molecule has 0 aromatic heterocycles. The molecule has 76 heavy (non-hydrogen) atoms. The minimum Gasteiger partial charge on any atom is -0.462 e. The molecule has 438 valence electrons. The van der Waals surface area contributed by atoms with Crippen molar-refractivity contribution in [1.82, 2.24) is 0 Å². The lowest BCUT2D eigenvalue weighted by Gasteiger charge is -2.18. The Balaban J connectivity index is 4.19. The van der Waals surface area contributed by atoms with Gasteiger partial charge in [-0.1, -0.05) is 292 Å². The number of carbonyl (C=O) groups excluding carboxylic acids is 3. The lowest BCUT2D eigenvalue weighted by molar-refractivity contribution is -0.167. The molecule has 0 rings (SSSR count). The van der Waals surface area contributed by atoms with Crippen LogP contribution < -0.4 is 0 Å². The summed E-state index contributed by atoms with van der Waals surface area (Å²) in [6, 6.07) is 0. The maximum atomic E-state index is 12.9. The van der Waals surface area contributed by atoms with Gasteiger partial charge in [0.2, 0.25) is 0 Å². The van der Waals surface area contributed by atoms with Crippen molar-refractivity contribution in [3.8, 4) is 0 Å². The summed E-state index contributed by atoms with van der Waals surface area (Å²) in [6.07, 6.45) is 84.7. The molecule has 0 saturated carbocycles. The van der Waals surface area contributed by atoms with Crippen molar-refractivity contribution >= 4 is 17.9 Å². The molecule has 0 aromatic carbocycles. The van der Waals surface area contributed by atoms with Crippen molar-refractivity contribution in [2.75, 3.05) is 13.2 Å². The lowest BCUT2D eigenvalue weighted by Crippen LogP contribution is -2.30. The highest BCUT2D eigenvalue weighted by atomic mass is 16.6. The van der Waals surface area contributed by atoms with Crippen LogP contribution in [0, 0.1) is 0 Å². The Labute approximate surface area is 471 Å². The summed E-state index contributed by atoms with van der Waals surface area (Å²) in [6.45, 7) is 6.51. The zero-order chi connectivity index (χ0) is 55.0. The van der Waals surface area contributed by atoms with Crippen LogP contribution in [0.1, 0.15) is 323 Å². The zero-order valence-electron chi connectivity index (χ0n) is 50.3. The molecule has 0 spiro atoms. The largest absolute Gasteiger partial charge is 0.462 e. The third-order valence-electron chi connectivity index (χ3n) is 14.1. The van der Waals surface area contributed by atoms with Gasteiger partial charge in [0.25, 0.3) is 0 Å². The number of unbranched alkanes of at least 4 members (excludes halogenated alkanes) is 34. The fourth-order valence-electron chi connectivity index (χ4n) is 9.27. The van der Waals surface area contributed by atoms with Gasteiger partial charge in [-0.3, -0.25) is 14.4 Å². The highest BCUT2D eigenvalue weighted by Crippen LogP contribution is 2.17. The number of esters is 3. The van der Waals surface area contributed by atoms with Crippen LogP contribution in [-0.2, 0) is 28.6 Å². The van der Waals surface area contributed by atoms with Crippen LogP contribution in [0.5, 0.6) is 0 Å². The van der Waals surface area contributed by atoms with Crippen molar-refractivity contribution in [1.29, 1.82) is 0 Å². The van der Waals surface area contributed by atoms with Gasteiger partial charge >= 0.3 is 17.9 Å². The maximum absolute atomic E-state index is 12.9. The molecule has 0 amide bonds. The van der Waals surface area contributed by atoms with Crippen molar-refractivity contribution in [2.24, 2.45) is 0 Å². The van der Waals surface area contributed by atoms with Gasteiger partial charge in [-0.05, 0) is 96.3 Å². The van der Waals surface area contributed by atoms with Crippen molar-refractivity contribution < 1.29 is 28.6 Å². The first-order valence-corrected chi connectivity index (χ1v) is 32.6. The molecule has 0 aliphatic rings. The smallest absolute Gasteiger partial charge is 0.306 e. The van der Waals surface area contributed by atoms with Gasteiger partial charge in [0, 0.05) is 19.3 Å². The number of rotatable bonds is 59. The van der Waals surface area contributed by atoms with Gasteiger partial charge in [0.15, 0.2) is 6.10 Å². The summed E-state index contributed by atoms with van der Waals surface area (Å²) >= 11 is 0. The molecule has 0 heterocycles. The quantitative estimate of drug-likeness (QED) is 0.0261. The molecular weight excluding hydrogens is 937 g/mol. The monoisotopic (exact) mass is 1060 g/mol. The lowest BCUT2D eigenvalue weighted by atomic mass is 10.0. The third-order valence-corrected chi connectivity index (χ3v) is 14.1. The Morgan fingerprint density at radius 1 is 0.276 bits per heavy atom. The standard InChI is InChI=1S/C70H122O6/c1-4-7-10-13-16-19-21-23-25-27-29-31-33-34-35-36-38-39-41-43-45-47-49-51-54-57-60-63-69(72)75-66-67(65-74-68(71)62-59-56-53-18-15-12-9-6-3)76-70(73)64-61-58-55-52-50-48-46-44-42-40-37-32-30-28-26-24-22-20-17-14-11-8-5-2/h8,11,17,20,24,26-27,29-30,32,40,42,46,48,67H,4-7,9-10,12-16,18-19,21-23,25,28,31,33-39,41,43-45,47,49-66H2,1-3H3/b11-8-,20-17-,26-24-,29-27-,32-30-,42-40-,48-46-. The molecule has 6 nitrogen and oxygen atoms in total. The van der Waals surface area contributed by atoms with Crippen LogP contribution >= 0.6 is 0 Å². The predicted molar refractivity (Wildman–Crippen MR) is 330 cm³/mol. The van der Waals surface area contributed by atoms with E-state index in [0.717, 1.165) is 109 Å². The van der Waals surface area contributed by atoms with E-state index in [1.165, 1.54) is 173 Å². The Morgan fingerprint density at radius 2 is 0.513 bits per heavy atom. The van der Waals surface area contributed by atoms with E-state index in [-0.39, 0.29) is 31.1 Å². The van der Waals surface area contributed by atoms with Gasteiger partial charge in [-0.25, -0.2) is 0 Å². The van der Waals surface area contributed by atoms with Gasteiger partial charge in [0.1, 0.15) is 13.2 Å². The third kappa shape index (κ3) is 61.4. The minimum atomic E-state index is -0.788. The van der Waals surface area contributed by atoms with Gasteiger partial charge in [-0.15, -0.1) is 0 Å². The Bertz CT molecular complexity index is 1450. The van der Waals surface area contributed by atoms with Crippen molar-refractivity contribution in [3.05, 3.63) is 85.1 Å². The normalized spacial score (nSPS) is 12.6. The van der Waals surface area contributed by atoms with E-state index in [1.54, 1.807) is 0 Å². The molecule has 1 atom stereocenters. The molecule has 0 N–H and O–H groups in total. The Kier molecular flexibility index (Phi) is 61.2. The highest BCUT2D eigenvalue weighted by Gasteiger charge is 2.19. The Morgan fingerprint density at radius 3 is 0.816 bits per heavy atom. The van der Waals surface area contributed by atoms with E-state index in [0.29, 0.717) is 19.3 Å². The number of hydrogen-bond donors (Lipinski definition) is 0. The second kappa shape index (κ2) is 64.1. The fourth-order valence-corrected chi connectivity index (χ4v) is 9.27. The van der Waals surface area contributed by atoms with Crippen LogP contribution in [0.2, 0.25) is 0 Å². The van der Waals surface area contributed by atoms with E-state index in [2.05, 4.69) is 106 Å². The topological polar surface area (TPSA) is 78.9 Å². The summed E-state index contributed by atoms with van der Waals surface area (Å²) in [5, 5.41) is 0. The fraction of sp³-hybridized carbons (Fsp3) is 0.757. The molecular formula is C70H122O6. The number of carbonyl (C=O) groups is 3. The average molecular weight is 1060 g/mol. The Hall–Kier alpha value is -3.41. The SMILES string of the molecule is CC/C=C\C/C=C\C/C=C\C/C=C\C/C=C\C/C=C\CCCCCCC(=O)OC(COC(=O)CCCCCCCCCC)COC(=O)CCCCCCCCCCCCCCCCC/C=C\CCCCCCCCCC. The molecule has 6 heteroatoms. The number of hydrogen-bond acceptors (Lipinski definition) is 6. The summed E-state index contributed by atoms with van der Waals surface area (Å²) in [7, 11) is 0.